The summed E-state index contributed by atoms with van der Waals surface area (Å²) >= 11 is 0. The Bertz CT molecular complexity index is 268. The molecule has 1 aliphatic rings. The average Bonchev–Trinajstić information content (AvgIpc) is 2.50. The molecule has 1 rings (SSSR count). The van der Waals surface area contributed by atoms with E-state index in [0.717, 1.165) is 45.6 Å². The van der Waals surface area contributed by atoms with Crippen LogP contribution in [0.4, 0.5) is 0 Å². The van der Waals surface area contributed by atoms with Crippen molar-refractivity contribution < 1.29 is 9.53 Å². The van der Waals surface area contributed by atoms with Gasteiger partial charge in [-0.05, 0) is 32.7 Å². The fraction of sp³-hybridized carbons (Fsp3) is 0.933. The topological polar surface area (TPSA) is 58.8 Å². The SMILES string of the molecule is CCOCCN(CC)C(CN)CC(=O)N1CCCCC1. The van der Waals surface area contributed by atoms with Gasteiger partial charge in [0.1, 0.15) is 0 Å². The highest BCUT2D eigenvalue weighted by Gasteiger charge is 2.23. The first kappa shape index (κ1) is 17.4. The van der Waals surface area contributed by atoms with Gasteiger partial charge in [-0.15, -0.1) is 0 Å². The quantitative estimate of drug-likeness (QED) is 0.644. The molecule has 0 radical (unpaired) electrons. The van der Waals surface area contributed by atoms with Crippen LogP contribution in [-0.2, 0) is 9.53 Å². The van der Waals surface area contributed by atoms with E-state index in [-0.39, 0.29) is 11.9 Å². The monoisotopic (exact) mass is 285 g/mol. The van der Waals surface area contributed by atoms with Crippen LogP contribution in [0.1, 0.15) is 39.5 Å². The Labute approximate surface area is 123 Å². The Morgan fingerprint density at radius 2 is 2.00 bits per heavy atom. The third-order valence-corrected chi connectivity index (χ3v) is 4.04. The molecular formula is C15H31N3O2. The van der Waals surface area contributed by atoms with Crippen LogP contribution in [-0.4, -0.2) is 67.7 Å². The van der Waals surface area contributed by atoms with Crippen molar-refractivity contribution in [2.45, 2.75) is 45.6 Å². The van der Waals surface area contributed by atoms with Crippen LogP contribution < -0.4 is 5.73 Å². The van der Waals surface area contributed by atoms with Crippen LogP contribution in [0.2, 0.25) is 0 Å². The maximum absolute atomic E-state index is 12.3. The molecule has 0 aliphatic carbocycles. The van der Waals surface area contributed by atoms with Crippen LogP contribution >= 0.6 is 0 Å². The molecule has 0 spiro atoms. The van der Waals surface area contributed by atoms with E-state index in [1.807, 2.05) is 11.8 Å². The second kappa shape index (κ2) is 10.1. The zero-order chi connectivity index (χ0) is 14.8. The zero-order valence-electron chi connectivity index (χ0n) is 13.1. The summed E-state index contributed by atoms with van der Waals surface area (Å²) in [4.78, 5) is 16.6. The van der Waals surface area contributed by atoms with Crippen LogP contribution in [0.25, 0.3) is 0 Å². The summed E-state index contributed by atoms with van der Waals surface area (Å²) in [5.74, 6) is 0.259. The normalized spacial score (nSPS) is 17.5. The maximum atomic E-state index is 12.3. The van der Waals surface area contributed by atoms with Gasteiger partial charge in [0, 0.05) is 45.2 Å². The fourth-order valence-corrected chi connectivity index (χ4v) is 2.76. The molecule has 0 aromatic heterocycles. The van der Waals surface area contributed by atoms with Crippen molar-refractivity contribution in [3.63, 3.8) is 0 Å². The van der Waals surface area contributed by atoms with E-state index in [9.17, 15) is 4.79 Å². The summed E-state index contributed by atoms with van der Waals surface area (Å²) < 4.78 is 5.40. The van der Waals surface area contributed by atoms with Crippen molar-refractivity contribution in [1.82, 2.24) is 9.80 Å². The standard InChI is InChI=1S/C15H31N3O2/c1-3-17(10-11-20-4-2)14(13-16)12-15(19)18-8-6-5-7-9-18/h14H,3-13,16H2,1-2H3. The third-order valence-electron chi connectivity index (χ3n) is 4.04. The molecular weight excluding hydrogens is 254 g/mol. The second-order valence-electron chi connectivity index (χ2n) is 5.36. The highest BCUT2D eigenvalue weighted by atomic mass is 16.5. The molecule has 0 aromatic rings. The number of ether oxygens (including phenoxy) is 1. The highest BCUT2D eigenvalue weighted by molar-refractivity contribution is 5.76. The number of nitrogens with zero attached hydrogens (tertiary/aromatic N) is 2. The minimum atomic E-state index is 0.134. The lowest BCUT2D eigenvalue weighted by atomic mass is 10.1. The Hall–Kier alpha value is -0.650. The average molecular weight is 285 g/mol. The van der Waals surface area contributed by atoms with Gasteiger partial charge in [0.2, 0.25) is 5.91 Å². The highest BCUT2D eigenvalue weighted by Crippen LogP contribution is 2.12. The molecule has 1 heterocycles. The molecule has 1 aliphatic heterocycles. The molecule has 1 fully saturated rings. The lowest BCUT2D eigenvalue weighted by Gasteiger charge is -2.32. The van der Waals surface area contributed by atoms with Crippen molar-refractivity contribution >= 4 is 5.91 Å². The number of likely N-dealkylation sites (tertiary alicyclic amines) is 1. The number of likely N-dealkylation sites (N-methyl/N-ethyl adjacent to an activating group) is 1. The van der Waals surface area contributed by atoms with Gasteiger partial charge in [-0.1, -0.05) is 6.92 Å². The number of hydrogen-bond donors (Lipinski definition) is 1. The first-order valence-electron chi connectivity index (χ1n) is 8.02. The number of hydrogen-bond acceptors (Lipinski definition) is 4. The van der Waals surface area contributed by atoms with E-state index < -0.39 is 0 Å². The number of carbonyl (C=O) groups is 1. The number of amides is 1. The van der Waals surface area contributed by atoms with E-state index in [0.29, 0.717) is 19.6 Å². The van der Waals surface area contributed by atoms with Gasteiger partial charge in [-0.2, -0.15) is 0 Å². The predicted molar refractivity (Wildman–Crippen MR) is 81.6 cm³/mol. The van der Waals surface area contributed by atoms with Crippen molar-refractivity contribution in [3.8, 4) is 0 Å². The van der Waals surface area contributed by atoms with Gasteiger partial charge >= 0.3 is 0 Å². The minimum Gasteiger partial charge on any atom is -0.380 e. The van der Waals surface area contributed by atoms with Gasteiger partial charge in [0.25, 0.3) is 0 Å². The van der Waals surface area contributed by atoms with Crippen molar-refractivity contribution in [2.75, 3.05) is 45.9 Å². The number of carbonyl (C=O) groups excluding carboxylic acids is 1. The summed E-state index contributed by atoms with van der Waals surface area (Å²) in [6.07, 6.45) is 4.07. The van der Waals surface area contributed by atoms with Crippen LogP contribution in [0.3, 0.4) is 0 Å². The molecule has 20 heavy (non-hydrogen) atoms. The summed E-state index contributed by atoms with van der Waals surface area (Å²) in [6, 6.07) is 0.134. The van der Waals surface area contributed by atoms with Crippen LogP contribution in [0.5, 0.6) is 0 Å². The van der Waals surface area contributed by atoms with Crippen molar-refractivity contribution in [2.24, 2.45) is 5.73 Å². The number of nitrogens with two attached hydrogens (primary N) is 1. The largest absolute Gasteiger partial charge is 0.380 e. The second-order valence-corrected chi connectivity index (χ2v) is 5.36. The molecule has 1 amide bonds. The fourth-order valence-electron chi connectivity index (χ4n) is 2.76. The van der Waals surface area contributed by atoms with Gasteiger partial charge in [-0.3, -0.25) is 9.69 Å². The Morgan fingerprint density at radius 1 is 1.30 bits per heavy atom. The smallest absolute Gasteiger partial charge is 0.224 e. The summed E-state index contributed by atoms with van der Waals surface area (Å²) in [7, 11) is 0. The summed E-state index contributed by atoms with van der Waals surface area (Å²) in [6.45, 7) is 9.66. The Morgan fingerprint density at radius 3 is 2.55 bits per heavy atom. The maximum Gasteiger partial charge on any atom is 0.224 e. The third kappa shape index (κ3) is 5.77. The van der Waals surface area contributed by atoms with Crippen LogP contribution in [0.15, 0.2) is 0 Å². The zero-order valence-corrected chi connectivity index (χ0v) is 13.1. The van der Waals surface area contributed by atoms with E-state index in [4.69, 9.17) is 10.5 Å². The predicted octanol–water partition coefficient (Wildman–Crippen LogP) is 1.07. The molecule has 0 bridgehead atoms. The molecule has 1 unspecified atom stereocenters. The molecule has 0 aromatic carbocycles. The Kier molecular flexibility index (Phi) is 8.82. The van der Waals surface area contributed by atoms with Gasteiger partial charge in [-0.25, -0.2) is 0 Å². The molecule has 5 nitrogen and oxygen atoms in total. The number of piperidine rings is 1. The van der Waals surface area contributed by atoms with Crippen molar-refractivity contribution in [3.05, 3.63) is 0 Å². The lowest BCUT2D eigenvalue weighted by Crippen LogP contribution is -2.46. The van der Waals surface area contributed by atoms with E-state index in [2.05, 4.69) is 11.8 Å². The van der Waals surface area contributed by atoms with Gasteiger partial charge < -0.3 is 15.4 Å². The van der Waals surface area contributed by atoms with Crippen molar-refractivity contribution in [1.29, 1.82) is 0 Å². The first-order chi connectivity index (χ1) is 9.72. The van der Waals surface area contributed by atoms with Crippen LogP contribution in [0, 0.1) is 0 Å². The summed E-state index contributed by atoms with van der Waals surface area (Å²) in [5, 5.41) is 0. The molecule has 2 N–H and O–H groups in total. The minimum absolute atomic E-state index is 0.134. The first-order valence-corrected chi connectivity index (χ1v) is 8.02. The molecule has 5 heteroatoms. The van der Waals surface area contributed by atoms with Gasteiger partial charge in [0.05, 0.1) is 6.61 Å². The molecule has 1 saturated heterocycles. The van der Waals surface area contributed by atoms with E-state index in [1.165, 1.54) is 6.42 Å². The Balaban J connectivity index is 2.43. The molecule has 118 valence electrons. The van der Waals surface area contributed by atoms with E-state index in [1.54, 1.807) is 0 Å². The van der Waals surface area contributed by atoms with Gasteiger partial charge in [0.15, 0.2) is 0 Å². The molecule has 0 saturated carbocycles. The number of rotatable bonds is 9. The molecule has 1 atom stereocenters. The lowest BCUT2D eigenvalue weighted by molar-refractivity contribution is -0.133. The summed E-state index contributed by atoms with van der Waals surface area (Å²) in [5.41, 5.74) is 5.88. The van der Waals surface area contributed by atoms with E-state index >= 15 is 0 Å².